The minimum atomic E-state index is -3.38. The molecule has 0 aliphatic heterocycles. The van der Waals surface area contributed by atoms with Crippen LogP contribution >= 0.6 is 0 Å². The van der Waals surface area contributed by atoms with Gasteiger partial charge in [0.05, 0.1) is 25.2 Å². The van der Waals surface area contributed by atoms with Crippen LogP contribution in [-0.2, 0) is 10.7 Å². The summed E-state index contributed by atoms with van der Waals surface area (Å²) in [5.41, 5.74) is 0.131. The van der Waals surface area contributed by atoms with Gasteiger partial charge >= 0.3 is 11.9 Å². The summed E-state index contributed by atoms with van der Waals surface area (Å²) in [7, 11) is 1.15. The molecule has 0 radical (unpaired) electrons. The summed E-state index contributed by atoms with van der Waals surface area (Å²) in [5.74, 6) is -5.34. The second-order valence-electron chi connectivity index (χ2n) is 5.63. The predicted molar refractivity (Wildman–Crippen MR) is 94.8 cm³/mol. The van der Waals surface area contributed by atoms with Crippen molar-refractivity contribution in [2.45, 2.75) is 12.8 Å². The number of ether oxygens (including phenoxy) is 2. The van der Waals surface area contributed by atoms with Gasteiger partial charge in [-0.15, -0.1) is 0 Å². The Morgan fingerprint density at radius 2 is 1.86 bits per heavy atom. The Balaban J connectivity index is 2.17. The fourth-order valence-corrected chi connectivity index (χ4v) is 2.19. The fraction of sp³-hybridized carbons (Fsp3) is 0.167. The first-order valence-corrected chi connectivity index (χ1v) is 8.03. The third-order valence-electron chi connectivity index (χ3n) is 3.46. The van der Waals surface area contributed by atoms with Crippen LogP contribution in [0.25, 0.3) is 0 Å². The van der Waals surface area contributed by atoms with E-state index in [1.54, 1.807) is 30.3 Å². The van der Waals surface area contributed by atoms with E-state index in [9.17, 15) is 13.6 Å². The minimum Gasteiger partial charge on any atom is -0.465 e. The molecular weight excluding hydrogens is 372 g/mol. The highest BCUT2D eigenvalue weighted by Crippen LogP contribution is 2.34. The maximum Gasteiger partial charge on any atom is 0.347 e. The van der Waals surface area contributed by atoms with Crippen molar-refractivity contribution in [3.8, 4) is 11.6 Å². The number of esters is 1. The molecule has 10 heteroatoms. The summed E-state index contributed by atoms with van der Waals surface area (Å²) < 4.78 is 38.3. The van der Waals surface area contributed by atoms with Crippen LogP contribution in [0.3, 0.4) is 0 Å². The zero-order valence-electron chi connectivity index (χ0n) is 14.9. The summed E-state index contributed by atoms with van der Waals surface area (Å²) >= 11 is 0. The highest BCUT2D eigenvalue weighted by atomic mass is 19.3. The average molecular weight is 387 g/mol. The number of anilines is 2. The van der Waals surface area contributed by atoms with Gasteiger partial charge in [0.15, 0.2) is 11.4 Å². The molecule has 0 spiro atoms. The number of hydrogen-bond donors (Lipinski definition) is 1. The fourth-order valence-electron chi connectivity index (χ4n) is 2.19. The number of nitrogens with zero attached hydrogens (tertiary/aromatic N) is 4. The molecule has 2 aromatic heterocycles. The number of rotatable bonds is 6. The number of para-hydroxylation sites is 1. The van der Waals surface area contributed by atoms with Gasteiger partial charge in [-0.3, -0.25) is 0 Å². The first kappa shape index (κ1) is 19.1. The Labute approximate surface area is 158 Å². The molecule has 0 atom stereocenters. The van der Waals surface area contributed by atoms with Crippen molar-refractivity contribution in [1.29, 1.82) is 0 Å². The molecule has 0 aliphatic carbocycles. The molecule has 3 rings (SSSR count). The van der Waals surface area contributed by atoms with Crippen molar-refractivity contribution >= 4 is 17.5 Å². The molecule has 2 heterocycles. The molecular formula is C18H15F2N5O3. The zero-order valence-corrected chi connectivity index (χ0v) is 14.9. The number of carbonyl (C=O) groups is 1. The highest BCUT2D eigenvalue weighted by Gasteiger charge is 2.33. The molecule has 0 saturated carbocycles. The Kier molecular flexibility index (Phi) is 5.39. The Bertz CT molecular complexity index is 903. The number of aromatic nitrogens is 4. The van der Waals surface area contributed by atoms with E-state index in [2.05, 4.69) is 25.5 Å². The van der Waals surface area contributed by atoms with Crippen LogP contribution < -0.4 is 10.1 Å². The van der Waals surface area contributed by atoms with E-state index in [1.165, 1.54) is 18.5 Å². The lowest BCUT2D eigenvalue weighted by atomic mass is 10.2. The van der Waals surface area contributed by atoms with Crippen molar-refractivity contribution in [3.63, 3.8) is 0 Å². The number of benzene rings is 1. The van der Waals surface area contributed by atoms with Gasteiger partial charge in [0.1, 0.15) is 5.75 Å². The zero-order chi connectivity index (χ0) is 20.1. The van der Waals surface area contributed by atoms with Crippen molar-refractivity contribution < 1.29 is 23.0 Å². The number of carbonyl (C=O) groups excluding carboxylic acids is 1. The normalized spacial score (nSPS) is 11.0. The molecule has 0 amide bonds. The van der Waals surface area contributed by atoms with Gasteiger partial charge in [0.2, 0.25) is 11.7 Å². The first-order valence-electron chi connectivity index (χ1n) is 8.03. The molecule has 1 N–H and O–H groups in total. The van der Waals surface area contributed by atoms with Gasteiger partial charge in [-0.05, 0) is 18.2 Å². The number of nitrogens with one attached hydrogen (secondary N) is 1. The first-order chi connectivity index (χ1) is 13.4. The molecule has 28 heavy (non-hydrogen) atoms. The second kappa shape index (κ2) is 7.91. The summed E-state index contributed by atoms with van der Waals surface area (Å²) in [6.07, 6.45) is 2.72. The monoisotopic (exact) mass is 387 g/mol. The second-order valence-corrected chi connectivity index (χ2v) is 5.63. The maximum atomic E-state index is 14.0. The molecule has 0 aliphatic rings. The molecule has 144 valence electrons. The molecule has 0 bridgehead atoms. The van der Waals surface area contributed by atoms with Crippen LogP contribution in [-0.4, -0.2) is 33.2 Å². The number of alkyl halides is 2. The van der Waals surface area contributed by atoms with Gasteiger partial charge < -0.3 is 14.8 Å². The maximum absolute atomic E-state index is 14.0. The molecule has 0 saturated heterocycles. The standard InChI is InChI=1S/C18H15F2N5O3/c1-18(19,20)17-24-14(23-11-8-9-21-22-10-11)13(16(26)27-2)15(25-17)28-12-6-4-3-5-7-12/h3-10H,1-2H3,(H,21,23,24,25). The summed E-state index contributed by atoms with van der Waals surface area (Å²) in [5, 5.41) is 10.1. The van der Waals surface area contributed by atoms with Gasteiger partial charge in [-0.2, -0.15) is 24.0 Å². The van der Waals surface area contributed by atoms with E-state index in [1.807, 2.05) is 0 Å². The highest BCUT2D eigenvalue weighted by molar-refractivity contribution is 5.97. The lowest BCUT2D eigenvalue weighted by Crippen LogP contribution is -2.18. The SMILES string of the molecule is COC(=O)c1c(Nc2ccnnc2)nc(C(C)(F)F)nc1Oc1ccccc1. The van der Waals surface area contributed by atoms with Crippen LogP contribution in [0, 0.1) is 0 Å². The predicted octanol–water partition coefficient (Wildman–Crippen LogP) is 3.70. The van der Waals surface area contributed by atoms with Crippen molar-refractivity contribution in [3.05, 3.63) is 60.2 Å². The van der Waals surface area contributed by atoms with Crippen molar-refractivity contribution in [2.75, 3.05) is 12.4 Å². The summed E-state index contributed by atoms with van der Waals surface area (Å²) in [6.45, 7) is 0.643. The van der Waals surface area contributed by atoms with Crippen LogP contribution in [0.5, 0.6) is 11.6 Å². The molecule has 0 unspecified atom stereocenters. The molecule has 3 aromatic rings. The smallest absolute Gasteiger partial charge is 0.347 e. The summed E-state index contributed by atoms with van der Waals surface area (Å²) in [4.78, 5) is 19.9. The molecule has 0 fully saturated rings. The van der Waals surface area contributed by atoms with Gasteiger partial charge in [0, 0.05) is 6.92 Å². The van der Waals surface area contributed by atoms with Crippen LogP contribution in [0.1, 0.15) is 23.1 Å². The Morgan fingerprint density at radius 1 is 1.11 bits per heavy atom. The van der Waals surface area contributed by atoms with Crippen molar-refractivity contribution in [1.82, 2.24) is 20.2 Å². The third-order valence-corrected chi connectivity index (χ3v) is 3.46. The van der Waals surface area contributed by atoms with Crippen LogP contribution in [0.2, 0.25) is 0 Å². The quantitative estimate of drug-likeness (QED) is 0.639. The van der Waals surface area contributed by atoms with Gasteiger partial charge in [0.25, 0.3) is 0 Å². The lowest BCUT2D eigenvalue weighted by Gasteiger charge is -2.17. The third kappa shape index (κ3) is 4.34. The van der Waals surface area contributed by atoms with E-state index in [0.717, 1.165) is 7.11 Å². The largest absolute Gasteiger partial charge is 0.465 e. The van der Waals surface area contributed by atoms with E-state index in [-0.39, 0.29) is 17.3 Å². The minimum absolute atomic E-state index is 0.211. The summed E-state index contributed by atoms with van der Waals surface area (Å²) in [6, 6.07) is 9.83. The van der Waals surface area contributed by atoms with E-state index in [4.69, 9.17) is 9.47 Å². The van der Waals surface area contributed by atoms with E-state index >= 15 is 0 Å². The Hall–Kier alpha value is -3.69. The Morgan fingerprint density at radius 3 is 2.46 bits per heavy atom. The van der Waals surface area contributed by atoms with E-state index in [0.29, 0.717) is 18.4 Å². The molecule has 8 nitrogen and oxygen atoms in total. The van der Waals surface area contributed by atoms with Gasteiger partial charge in [-0.1, -0.05) is 18.2 Å². The number of hydrogen-bond acceptors (Lipinski definition) is 8. The van der Waals surface area contributed by atoms with Crippen LogP contribution in [0.15, 0.2) is 48.8 Å². The lowest BCUT2D eigenvalue weighted by molar-refractivity contribution is 0.00715. The van der Waals surface area contributed by atoms with Crippen molar-refractivity contribution in [2.24, 2.45) is 0 Å². The molecule has 1 aromatic carbocycles. The average Bonchev–Trinajstić information content (AvgIpc) is 2.68. The van der Waals surface area contributed by atoms with Crippen LogP contribution in [0.4, 0.5) is 20.3 Å². The van der Waals surface area contributed by atoms with E-state index < -0.39 is 17.7 Å². The number of methoxy groups -OCH3 is 1. The number of halogens is 2. The van der Waals surface area contributed by atoms with Gasteiger partial charge in [-0.25, -0.2) is 9.78 Å². The topological polar surface area (TPSA) is 99.1 Å².